The summed E-state index contributed by atoms with van der Waals surface area (Å²) in [6.07, 6.45) is 0. The molecule has 2 N–H and O–H groups in total. The fourth-order valence-corrected chi connectivity index (χ4v) is 2.05. The van der Waals surface area contributed by atoms with Crippen LogP contribution in [0.25, 0.3) is 0 Å². The van der Waals surface area contributed by atoms with Gasteiger partial charge in [-0.2, -0.15) is 0 Å². The fraction of sp³-hybridized carbons (Fsp3) is 0.294. The van der Waals surface area contributed by atoms with Gasteiger partial charge < -0.3 is 15.2 Å². The van der Waals surface area contributed by atoms with Crippen LogP contribution in [0.15, 0.2) is 42.5 Å². The highest BCUT2D eigenvalue weighted by molar-refractivity contribution is 5.43. The molecule has 0 fully saturated rings. The summed E-state index contributed by atoms with van der Waals surface area (Å²) in [4.78, 5) is 0. The quantitative estimate of drug-likeness (QED) is 0.903. The van der Waals surface area contributed by atoms with Crippen LogP contribution in [0.4, 0.5) is 0 Å². The average molecular weight is 271 g/mol. The Morgan fingerprint density at radius 1 is 1.10 bits per heavy atom. The maximum Gasteiger partial charge on any atom is 0.161 e. The van der Waals surface area contributed by atoms with Crippen molar-refractivity contribution in [2.45, 2.75) is 26.5 Å². The van der Waals surface area contributed by atoms with Gasteiger partial charge in [0.1, 0.15) is 6.61 Å². The highest BCUT2D eigenvalue weighted by Crippen LogP contribution is 2.30. The lowest BCUT2D eigenvalue weighted by Gasteiger charge is -2.14. The maximum absolute atomic E-state index is 5.87. The number of rotatable bonds is 5. The molecule has 20 heavy (non-hydrogen) atoms. The Morgan fingerprint density at radius 2 is 1.90 bits per heavy atom. The van der Waals surface area contributed by atoms with Crippen LogP contribution in [0.3, 0.4) is 0 Å². The summed E-state index contributed by atoms with van der Waals surface area (Å²) >= 11 is 0. The van der Waals surface area contributed by atoms with Gasteiger partial charge in [0.15, 0.2) is 11.5 Å². The van der Waals surface area contributed by atoms with Crippen molar-refractivity contribution in [3.8, 4) is 11.5 Å². The third-order valence-corrected chi connectivity index (χ3v) is 3.19. The van der Waals surface area contributed by atoms with Crippen LogP contribution in [0, 0.1) is 6.92 Å². The third-order valence-electron chi connectivity index (χ3n) is 3.19. The Kier molecular flexibility index (Phi) is 4.64. The van der Waals surface area contributed by atoms with Crippen LogP contribution < -0.4 is 15.2 Å². The van der Waals surface area contributed by atoms with Gasteiger partial charge in [-0.1, -0.05) is 35.9 Å². The largest absolute Gasteiger partial charge is 0.493 e. The molecule has 3 nitrogen and oxygen atoms in total. The van der Waals surface area contributed by atoms with Crippen molar-refractivity contribution < 1.29 is 9.47 Å². The number of nitrogens with two attached hydrogens (primary N) is 1. The van der Waals surface area contributed by atoms with Crippen LogP contribution in [-0.4, -0.2) is 7.11 Å². The van der Waals surface area contributed by atoms with Crippen LogP contribution >= 0.6 is 0 Å². The normalized spacial score (nSPS) is 12.0. The summed E-state index contributed by atoms with van der Waals surface area (Å²) in [5.41, 5.74) is 9.27. The highest BCUT2D eigenvalue weighted by atomic mass is 16.5. The molecule has 2 aromatic rings. The summed E-state index contributed by atoms with van der Waals surface area (Å²) in [6.45, 7) is 4.54. The van der Waals surface area contributed by atoms with E-state index in [0.29, 0.717) is 12.4 Å². The van der Waals surface area contributed by atoms with Gasteiger partial charge in [0.2, 0.25) is 0 Å². The van der Waals surface area contributed by atoms with Crippen molar-refractivity contribution in [3.05, 3.63) is 59.2 Å². The molecule has 2 aromatic carbocycles. The minimum absolute atomic E-state index is 0.0188. The summed E-state index contributed by atoms with van der Waals surface area (Å²) in [6, 6.07) is 14.1. The SMILES string of the molecule is COc1cc(C(C)N)ccc1OCc1cccc(C)c1. The predicted molar refractivity (Wildman–Crippen MR) is 81.1 cm³/mol. The summed E-state index contributed by atoms with van der Waals surface area (Å²) in [5.74, 6) is 1.45. The van der Waals surface area contributed by atoms with E-state index in [4.69, 9.17) is 15.2 Å². The van der Waals surface area contributed by atoms with Crippen LogP contribution in [0.5, 0.6) is 11.5 Å². The van der Waals surface area contributed by atoms with E-state index in [2.05, 4.69) is 25.1 Å². The van der Waals surface area contributed by atoms with Gasteiger partial charge in [-0.05, 0) is 37.1 Å². The molecular weight excluding hydrogens is 250 g/mol. The Balaban J connectivity index is 2.13. The molecule has 106 valence electrons. The number of methoxy groups -OCH3 is 1. The Bertz CT molecular complexity index is 579. The molecular formula is C17H21NO2. The van der Waals surface area contributed by atoms with E-state index in [-0.39, 0.29) is 6.04 Å². The van der Waals surface area contributed by atoms with Gasteiger partial charge in [-0.25, -0.2) is 0 Å². The first-order valence-corrected chi connectivity index (χ1v) is 6.72. The van der Waals surface area contributed by atoms with E-state index >= 15 is 0 Å². The number of benzene rings is 2. The van der Waals surface area contributed by atoms with Crippen LogP contribution in [0.1, 0.15) is 29.7 Å². The van der Waals surface area contributed by atoms with Gasteiger partial charge >= 0.3 is 0 Å². The van der Waals surface area contributed by atoms with Gasteiger partial charge in [0, 0.05) is 6.04 Å². The van der Waals surface area contributed by atoms with Crippen molar-refractivity contribution in [1.29, 1.82) is 0 Å². The molecule has 2 rings (SSSR count). The second-order valence-corrected chi connectivity index (χ2v) is 4.98. The van der Waals surface area contributed by atoms with Gasteiger partial charge in [0.05, 0.1) is 7.11 Å². The zero-order valence-corrected chi connectivity index (χ0v) is 12.2. The number of ether oxygens (including phenoxy) is 2. The van der Waals surface area contributed by atoms with Crippen molar-refractivity contribution >= 4 is 0 Å². The zero-order valence-electron chi connectivity index (χ0n) is 12.2. The Morgan fingerprint density at radius 3 is 2.55 bits per heavy atom. The first kappa shape index (κ1) is 14.4. The monoisotopic (exact) mass is 271 g/mol. The Labute approximate surface area is 120 Å². The van der Waals surface area contributed by atoms with E-state index in [9.17, 15) is 0 Å². The molecule has 0 saturated carbocycles. The predicted octanol–water partition coefficient (Wildman–Crippen LogP) is 3.60. The summed E-state index contributed by atoms with van der Waals surface area (Å²) < 4.78 is 11.2. The van der Waals surface area contributed by atoms with Gasteiger partial charge in [0.25, 0.3) is 0 Å². The van der Waals surface area contributed by atoms with Crippen molar-refractivity contribution in [2.75, 3.05) is 7.11 Å². The van der Waals surface area contributed by atoms with Crippen molar-refractivity contribution in [3.63, 3.8) is 0 Å². The molecule has 0 heterocycles. The minimum Gasteiger partial charge on any atom is -0.493 e. The summed E-state index contributed by atoms with van der Waals surface area (Å²) in [7, 11) is 1.64. The molecule has 0 aliphatic heterocycles. The van der Waals surface area contributed by atoms with Crippen molar-refractivity contribution in [1.82, 2.24) is 0 Å². The second kappa shape index (κ2) is 6.44. The first-order valence-electron chi connectivity index (χ1n) is 6.72. The molecule has 0 spiro atoms. The molecule has 0 bridgehead atoms. The van der Waals surface area contributed by atoms with E-state index in [1.807, 2.05) is 31.2 Å². The molecule has 3 heteroatoms. The van der Waals surface area contributed by atoms with E-state index < -0.39 is 0 Å². The number of hydrogen-bond acceptors (Lipinski definition) is 3. The Hall–Kier alpha value is -2.00. The lowest BCUT2D eigenvalue weighted by Crippen LogP contribution is -2.05. The second-order valence-electron chi connectivity index (χ2n) is 4.98. The zero-order chi connectivity index (χ0) is 14.5. The van der Waals surface area contributed by atoms with E-state index in [1.54, 1.807) is 7.11 Å². The van der Waals surface area contributed by atoms with Crippen LogP contribution in [0.2, 0.25) is 0 Å². The van der Waals surface area contributed by atoms with Crippen LogP contribution in [-0.2, 0) is 6.61 Å². The molecule has 0 aliphatic rings. The molecule has 1 unspecified atom stereocenters. The highest BCUT2D eigenvalue weighted by Gasteiger charge is 2.08. The summed E-state index contributed by atoms with van der Waals surface area (Å²) in [5, 5.41) is 0. The smallest absolute Gasteiger partial charge is 0.161 e. The molecule has 0 amide bonds. The minimum atomic E-state index is -0.0188. The first-order chi connectivity index (χ1) is 9.60. The fourth-order valence-electron chi connectivity index (χ4n) is 2.05. The molecule has 0 saturated heterocycles. The lowest BCUT2D eigenvalue weighted by molar-refractivity contribution is 0.284. The molecule has 1 atom stereocenters. The molecule has 0 aliphatic carbocycles. The van der Waals surface area contributed by atoms with Crippen molar-refractivity contribution in [2.24, 2.45) is 5.73 Å². The molecule has 0 radical (unpaired) electrons. The lowest BCUT2D eigenvalue weighted by atomic mass is 10.1. The van der Waals surface area contributed by atoms with E-state index in [0.717, 1.165) is 16.9 Å². The number of hydrogen-bond donors (Lipinski definition) is 1. The molecule has 0 aromatic heterocycles. The average Bonchev–Trinajstić information content (AvgIpc) is 2.45. The number of aryl methyl sites for hydroxylation is 1. The van der Waals surface area contributed by atoms with Gasteiger partial charge in [-0.3, -0.25) is 0 Å². The van der Waals surface area contributed by atoms with E-state index in [1.165, 1.54) is 5.56 Å². The topological polar surface area (TPSA) is 44.5 Å². The van der Waals surface area contributed by atoms with Gasteiger partial charge in [-0.15, -0.1) is 0 Å². The third kappa shape index (κ3) is 3.52. The standard InChI is InChI=1S/C17H21NO2/c1-12-5-4-6-14(9-12)11-20-16-8-7-15(13(2)18)10-17(16)19-3/h4-10,13H,11,18H2,1-3H3. The maximum atomic E-state index is 5.87.